The van der Waals surface area contributed by atoms with Crippen LogP contribution in [0.2, 0.25) is 0 Å². The van der Waals surface area contributed by atoms with E-state index in [4.69, 9.17) is 0 Å². The summed E-state index contributed by atoms with van der Waals surface area (Å²) >= 11 is 1.68. The van der Waals surface area contributed by atoms with Crippen molar-refractivity contribution in [1.82, 2.24) is 15.1 Å². The van der Waals surface area contributed by atoms with Gasteiger partial charge in [0.25, 0.3) is 11.5 Å². The maximum atomic E-state index is 13.1. The summed E-state index contributed by atoms with van der Waals surface area (Å²) in [6.07, 6.45) is 0. The lowest BCUT2D eigenvalue weighted by molar-refractivity contribution is 0.0933. The molecule has 0 aliphatic carbocycles. The Morgan fingerprint density at radius 2 is 1.88 bits per heavy atom. The minimum Gasteiger partial charge on any atom is -0.344 e. The van der Waals surface area contributed by atoms with E-state index in [0.29, 0.717) is 5.69 Å². The van der Waals surface area contributed by atoms with E-state index in [0.717, 1.165) is 15.1 Å². The smallest absolute Gasteiger partial charge is 0.272 e. The molecule has 26 heavy (non-hydrogen) atoms. The summed E-state index contributed by atoms with van der Waals surface area (Å²) in [6.45, 7) is 5.95. The van der Waals surface area contributed by atoms with Gasteiger partial charge in [0, 0.05) is 15.8 Å². The van der Waals surface area contributed by atoms with E-state index in [1.165, 1.54) is 41.3 Å². The van der Waals surface area contributed by atoms with E-state index in [9.17, 15) is 14.0 Å². The number of benzene rings is 1. The third kappa shape index (κ3) is 3.72. The molecule has 0 unspecified atom stereocenters. The lowest BCUT2D eigenvalue weighted by Gasteiger charge is -2.14. The molecule has 2 aromatic heterocycles. The van der Waals surface area contributed by atoms with Crippen LogP contribution in [-0.2, 0) is 0 Å². The van der Waals surface area contributed by atoms with Gasteiger partial charge in [-0.1, -0.05) is 0 Å². The maximum Gasteiger partial charge on any atom is 0.272 e. The lowest BCUT2D eigenvalue weighted by atomic mass is 10.1. The molecule has 0 bridgehead atoms. The molecular formula is C19H18FN3O2S. The van der Waals surface area contributed by atoms with Crippen molar-refractivity contribution in [2.45, 2.75) is 26.8 Å². The number of amides is 1. The van der Waals surface area contributed by atoms with Crippen LogP contribution >= 0.6 is 11.3 Å². The van der Waals surface area contributed by atoms with E-state index in [1.54, 1.807) is 11.3 Å². The molecule has 0 aliphatic heterocycles. The van der Waals surface area contributed by atoms with Gasteiger partial charge in [-0.05, 0) is 62.7 Å². The Morgan fingerprint density at radius 3 is 2.50 bits per heavy atom. The number of nitrogens with zero attached hydrogens (tertiary/aromatic N) is 2. The Balaban J connectivity index is 1.86. The number of carbonyl (C=O) groups is 1. The molecule has 1 atom stereocenters. The van der Waals surface area contributed by atoms with E-state index < -0.39 is 11.4 Å². The van der Waals surface area contributed by atoms with E-state index in [2.05, 4.69) is 16.5 Å². The second-order valence-corrected chi connectivity index (χ2v) is 7.47. The van der Waals surface area contributed by atoms with Gasteiger partial charge in [0.15, 0.2) is 0 Å². The molecule has 0 saturated carbocycles. The van der Waals surface area contributed by atoms with Gasteiger partial charge in [-0.25, -0.2) is 4.39 Å². The fourth-order valence-corrected chi connectivity index (χ4v) is 3.75. The second-order valence-electron chi connectivity index (χ2n) is 6.01. The van der Waals surface area contributed by atoms with Crippen LogP contribution in [0.3, 0.4) is 0 Å². The van der Waals surface area contributed by atoms with Crippen molar-refractivity contribution in [3.05, 3.63) is 79.6 Å². The SMILES string of the molecule is Cc1cc([C@H](C)NC(=O)c2ccc(=O)n(-c3ccc(F)cc3)n2)c(C)s1. The van der Waals surface area contributed by atoms with Gasteiger partial charge < -0.3 is 5.32 Å². The Kier molecular flexibility index (Phi) is 4.99. The number of nitrogens with one attached hydrogen (secondary N) is 1. The molecule has 3 rings (SSSR count). The number of hydrogen-bond donors (Lipinski definition) is 1. The van der Waals surface area contributed by atoms with Crippen molar-refractivity contribution in [2.24, 2.45) is 0 Å². The van der Waals surface area contributed by atoms with Crippen LogP contribution < -0.4 is 10.9 Å². The highest BCUT2D eigenvalue weighted by Crippen LogP contribution is 2.26. The van der Waals surface area contributed by atoms with Crippen molar-refractivity contribution < 1.29 is 9.18 Å². The van der Waals surface area contributed by atoms with E-state index >= 15 is 0 Å². The summed E-state index contributed by atoms with van der Waals surface area (Å²) in [5, 5.41) is 7.02. The largest absolute Gasteiger partial charge is 0.344 e. The molecule has 0 saturated heterocycles. The Labute approximate surface area is 154 Å². The first-order valence-electron chi connectivity index (χ1n) is 8.09. The number of aromatic nitrogens is 2. The zero-order valence-corrected chi connectivity index (χ0v) is 15.4. The maximum absolute atomic E-state index is 13.1. The standard InChI is InChI=1S/C19H18FN3O2S/c1-11-10-16(13(3)26-11)12(2)21-19(25)17-8-9-18(24)23(22-17)15-6-4-14(20)5-7-15/h4-10,12H,1-3H3,(H,21,25)/t12-/m0/s1. The van der Waals surface area contributed by atoms with Crippen molar-refractivity contribution in [3.8, 4) is 5.69 Å². The highest BCUT2D eigenvalue weighted by Gasteiger charge is 2.17. The number of hydrogen-bond acceptors (Lipinski definition) is 4. The zero-order valence-electron chi connectivity index (χ0n) is 14.6. The van der Waals surface area contributed by atoms with Gasteiger partial charge in [0.1, 0.15) is 11.5 Å². The summed E-state index contributed by atoms with van der Waals surface area (Å²) in [6, 6.07) is 9.88. The van der Waals surface area contributed by atoms with Gasteiger partial charge in [0.2, 0.25) is 0 Å². The summed E-state index contributed by atoms with van der Waals surface area (Å²) in [7, 11) is 0. The molecule has 0 radical (unpaired) electrons. The molecule has 1 amide bonds. The minimum atomic E-state index is -0.411. The number of thiophene rings is 1. The fourth-order valence-electron chi connectivity index (χ4n) is 2.73. The number of rotatable bonds is 4. The zero-order chi connectivity index (χ0) is 18.8. The quantitative estimate of drug-likeness (QED) is 0.763. The summed E-state index contributed by atoms with van der Waals surface area (Å²) < 4.78 is 14.2. The van der Waals surface area contributed by atoms with Crippen LogP contribution in [0.4, 0.5) is 4.39 Å². The van der Waals surface area contributed by atoms with Crippen LogP contribution in [0.5, 0.6) is 0 Å². The van der Waals surface area contributed by atoms with Crippen molar-refractivity contribution in [3.63, 3.8) is 0 Å². The van der Waals surface area contributed by atoms with Gasteiger partial charge in [0.05, 0.1) is 11.7 Å². The third-order valence-corrected chi connectivity index (χ3v) is 4.98. The van der Waals surface area contributed by atoms with Crippen LogP contribution in [0.25, 0.3) is 5.69 Å². The molecule has 1 aromatic carbocycles. The topological polar surface area (TPSA) is 64.0 Å². The first kappa shape index (κ1) is 18.0. The van der Waals surface area contributed by atoms with Crippen LogP contribution in [-0.4, -0.2) is 15.7 Å². The van der Waals surface area contributed by atoms with Crippen molar-refractivity contribution >= 4 is 17.2 Å². The molecule has 0 fully saturated rings. The molecule has 5 nitrogen and oxygen atoms in total. The first-order chi connectivity index (χ1) is 12.3. The Bertz CT molecular complexity index is 1010. The van der Waals surface area contributed by atoms with Crippen LogP contribution in [0.15, 0.2) is 47.3 Å². The van der Waals surface area contributed by atoms with Crippen LogP contribution in [0.1, 0.15) is 38.8 Å². The monoisotopic (exact) mass is 371 g/mol. The highest BCUT2D eigenvalue weighted by molar-refractivity contribution is 7.12. The summed E-state index contributed by atoms with van der Waals surface area (Å²) in [5.74, 6) is -0.789. The van der Waals surface area contributed by atoms with E-state index in [1.807, 2.05) is 20.8 Å². The normalized spacial score (nSPS) is 12.0. The van der Waals surface area contributed by atoms with E-state index in [-0.39, 0.29) is 17.6 Å². The predicted molar refractivity (Wildman–Crippen MR) is 99.5 cm³/mol. The van der Waals surface area contributed by atoms with Crippen molar-refractivity contribution in [2.75, 3.05) is 0 Å². The fraction of sp³-hybridized carbons (Fsp3) is 0.211. The molecule has 0 spiro atoms. The molecule has 1 N–H and O–H groups in total. The number of carbonyl (C=O) groups excluding carboxylic acids is 1. The predicted octanol–water partition coefficient (Wildman–Crippen LogP) is 3.54. The second kappa shape index (κ2) is 7.21. The molecule has 134 valence electrons. The molecule has 0 aliphatic rings. The van der Waals surface area contributed by atoms with Crippen molar-refractivity contribution in [1.29, 1.82) is 0 Å². The minimum absolute atomic E-state index is 0.116. The Morgan fingerprint density at radius 1 is 1.19 bits per heavy atom. The average molecular weight is 371 g/mol. The van der Waals surface area contributed by atoms with Gasteiger partial charge >= 0.3 is 0 Å². The summed E-state index contributed by atoms with van der Waals surface area (Å²) in [4.78, 5) is 26.9. The average Bonchev–Trinajstić information content (AvgIpc) is 2.94. The molecular weight excluding hydrogens is 353 g/mol. The highest BCUT2D eigenvalue weighted by atomic mass is 32.1. The lowest BCUT2D eigenvalue weighted by Crippen LogP contribution is -2.30. The molecule has 7 heteroatoms. The van der Waals surface area contributed by atoms with Gasteiger partial charge in [-0.3, -0.25) is 9.59 Å². The third-order valence-electron chi connectivity index (χ3n) is 4.00. The first-order valence-corrected chi connectivity index (χ1v) is 8.91. The van der Waals surface area contributed by atoms with Gasteiger partial charge in [-0.2, -0.15) is 9.78 Å². The van der Waals surface area contributed by atoms with Crippen LogP contribution in [0, 0.1) is 19.7 Å². The number of aryl methyl sites for hydroxylation is 2. The van der Waals surface area contributed by atoms with Gasteiger partial charge in [-0.15, -0.1) is 11.3 Å². The Hall–Kier alpha value is -2.80. The summed E-state index contributed by atoms with van der Waals surface area (Å²) in [5.41, 5.74) is 1.17. The molecule has 2 heterocycles. The molecule has 3 aromatic rings. The number of halogens is 1.